The quantitative estimate of drug-likeness (QED) is 0.617. The van der Waals surface area contributed by atoms with Crippen molar-refractivity contribution >= 4 is 11.5 Å². The summed E-state index contributed by atoms with van der Waals surface area (Å²) in [5.74, 6) is -0.118. The number of allylic oxidation sites excluding steroid dienone is 3. The Morgan fingerprint density at radius 2 is 2.00 bits per heavy atom. The van der Waals surface area contributed by atoms with E-state index in [4.69, 9.17) is 9.84 Å². The molecule has 0 spiro atoms. The number of hydrogen-bond donors (Lipinski definition) is 1. The van der Waals surface area contributed by atoms with Crippen molar-refractivity contribution in [3.8, 4) is 5.75 Å². The second-order valence-corrected chi connectivity index (χ2v) is 3.87. The Kier molecular flexibility index (Phi) is 5.71. The molecule has 0 heterocycles. The van der Waals surface area contributed by atoms with E-state index in [2.05, 4.69) is 6.92 Å². The molecule has 0 amide bonds. The standard InChI is InChI=1S/C15H18O3/c1-3-5-12(6-4-7-15(16)17)13-8-10-14(18-2)11-9-13/h4,6-11H,3,5H2,1-2H3,(H,16,17). The first-order valence-corrected chi connectivity index (χ1v) is 5.92. The van der Waals surface area contributed by atoms with Crippen molar-refractivity contribution in [1.29, 1.82) is 0 Å². The van der Waals surface area contributed by atoms with Crippen molar-refractivity contribution in [2.45, 2.75) is 19.8 Å². The molecule has 96 valence electrons. The van der Waals surface area contributed by atoms with E-state index < -0.39 is 5.97 Å². The van der Waals surface area contributed by atoms with Gasteiger partial charge in [-0.15, -0.1) is 0 Å². The second kappa shape index (κ2) is 7.33. The fraction of sp³-hybridized carbons (Fsp3) is 0.267. The lowest BCUT2D eigenvalue weighted by Crippen LogP contribution is -1.88. The molecule has 0 saturated carbocycles. The molecule has 1 aromatic carbocycles. The summed E-state index contributed by atoms with van der Waals surface area (Å²) in [6.45, 7) is 2.10. The van der Waals surface area contributed by atoms with Gasteiger partial charge in [-0.25, -0.2) is 4.79 Å². The second-order valence-electron chi connectivity index (χ2n) is 3.87. The lowest BCUT2D eigenvalue weighted by molar-refractivity contribution is -0.131. The molecule has 0 radical (unpaired) electrons. The fourth-order valence-electron chi connectivity index (χ4n) is 1.64. The van der Waals surface area contributed by atoms with E-state index in [1.54, 1.807) is 13.2 Å². The molecule has 0 unspecified atom stereocenters. The molecule has 3 nitrogen and oxygen atoms in total. The van der Waals surface area contributed by atoms with Crippen molar-refractivity contribution in [1.82, 2.24) is 0 Å². The molecule has 18 heavy (non-hydrogen) atoms. The van der Waals surface area contributed by atoms with Crippen LogP contribution in [0.4, 0.5) is 0 Å². The van der Waals surface area contributed by atoms with Gasteiger partial charge in [-0.3, -0.25) is 0 Å². The number of rotatable bonds is 6. The van der Waals surface area contributed by atoms with E-state index in [-0.39, 0.29) is 0 Å². The lowest BCUT2D eigenvalue weighted by Gasteiger charge is -2.07. The van der Waals surface area contributed by atoms with Gasteiger partial charge in [0, 0.05) is 6.08 Å². The summed E-state index contributed by atoms with van der Waals surface area (Å²) in [6, 6.07) is 7.77. The van der Waals surface area contributed by atoms with Gasteiger partial charge in [-0.2, -0.15) is 0 Å². The molecule has 0 saturated heterocycles. The third-order valence-electron chi connectivity index (χ3n) is 2.52. The van der Waals surface area contributed by atoms with E-state index in [9.17, 15) is 4.79 Å². The van der Waals surface area contributed by atoms with Crippen LogP contribution in [0.3, 0.4) is 0 Å². The normalized spacial score (nSPS) is 11.8. The Morgan fingerprint density at radius 1 is 1.33 bits per heavy atom. The van der Waals surface area contributed by atoms with Crippen LogP contribution in [0.2, 0.25) is 0 Å². The first-order valence-electron chi connectivity index (χ1n) is 5.92. The highest BCUT2D eigenvalue weighted by molar-refractivity contribution is 5.81. The zero-order chi connectivity index (χ0) is 13.4. The molecule has 1 rings (SSSR count). The molecule has 3 heteroatoms. The van der Waals surface area contributed by atoms with E-state index in [1.165, 1.54) is 0 Å². The summed E-state index contributed by atoms with van der Waals surface area (Å²) in [4.78, 5) is 10.4. The third kappa shape index (κ3) is 4.45. The van der Waals surface area contributed by atoms with Crippen LogP contribution in [-0.4, -0.2) is 18.2 Å². The van der Waals surface area contributed by atoms with Gasteiger partial charge in [0.2, 0.25) is 0 Å². The topological polar surface area (TPSA) is 46.5 Å². The van der Waals surface area contributed by atoms with Crippen molar-refractivity contribution in [3.05, 3.63) is 48.1 Å². The maximum absolute atomic E-state index is 10.4. The highest BCUT2D eigenvalue weighted by Gasteiger charge is 2.00. The molecule has 0 aliphatic rings. The molecule has 0 aliphatic heterocycles. The molecule has 0 aliphatic carbocycles. The van der Waals surface area contributed by atoms with Crippen molar-refractivity contribution in [2.24, 2.45) is 0 Å². The summed E-state index contributed by atoms with van der Waals surface area (Å²) < 4.78 is 5.11. The maximum atomic E-state index is 10.4. The Hall–Kier alpha value is -2.03. The molecule has 0 atom stereocenters. The zero-order valence-electron chi connectivity index (χ0n) is 10.7. The van der Waals surface area contributed by atoms with E-state index in [1.807, 2.05) is 30.3 Å². The number of aliphatic carboxylic acids is 1. The van der Waals surface area contributed by atoms with Crippen molar-refractivity contribution in [2.75, 3.05) is 7.11 Å². The van der Waals surface area contributed by atoms with Gasteiger partial charge in [-0.05, 0) is 29.7 Å². The minimum atomic E-state index is -0.933. The molecule has 1 aromatic rings. The van der Waals surface area contributed by atoms with Crippen LogP contribution in [0.25, 0.3) is 5.57 Å². The van der Waals surface area contributed by atoms with Crippen LogP contribution < -0.4 is 4.74 Å². The van der Waals surface area contributed by atoms with Crippen molar-refractivity contribution in [3.63, 3.8) is 0 Å². The summed E-state index contributed by atoms with van der Waals surface area (Å²) in [5.41, 5.74) is 2.21. The Morgan fingerprint density at radius 3 is 2.50 bits per heavy atom. The molecular weight excluding hydrogens is 228 g/mol. The molecule has 1 N–H and O–H groups in total. The van der Waals surface area contributed by atoms with Crippen LogP contribution in [0.1, 0.15) is 25.3 Å². The number of ether oxygens (including phenoxy) is 1. The van der Waals surface area contributed by atoms with Gasteiger partial charge in [0.15, 0.2) is 0 Å². The van der Waals surface area contributed by atoms with E-state index >= 15 is 0 Å². The Labute approximate surface area is 107 Å². The average Bonchev–Trinajstić information content (AvgIpc) is 2.37. The predicted octanol–water partition coefficient (Wildman–Crippen LogP) is 3.52. The van der Waals surface area contributed by atoms with Gasteiger partial charge in [0.25, 0.3) is 0 Å². The number of benzene rings is 1. The fourth-order valence-corrected chi connectivity index (χ4v) is 1.64. The summed E-state index contributed by atoms with van der Waals surface area (Å²) >= 11 is 0. The monoisotopic (exact) mass is 246 g/mol. The first kappa shape index (κ1) is 14.0. The molecule has 0 fully saturated rings. The van der Waals surface area contributed by atoms with Crippen LogP contribution in [-0.2, 0) is 4.79 Å². The maximum Gasteiger partial charge on any atom is 0.328 e. The van der Waals surface area contributed by atoms with Gasteiger partial charge >= 0.3 is 5.97 Å². The lowest BCUT2D eigenvalue weighted by atomic mass is 10.0. The highest BCUT2D eigenvalue weighted by atomic mass is 16.5. The number of methoxy groups -OCH3 is 1. The van der Waals surface area contributed by atoms with Gasteiger partial charge in [0.1, 0.15) is 5.75 Å². The van der Waals surface area contributed by atoms with E-state index in [0.717, 1.165) is 35.8 Å². The van der Waals surface area contributed by atoms with E-state index in [0.29, 0.717) is 0 Å². The van der Waals surface area contributed by atoms with Gasteiger partial charge in [0.05, 0.1) is 7.11 Å². The van der Waals surface area contributed by atoms with Crippen molar-refractivity contribution < 1.29 is 14.6 Å². The third-order valence-corrected chi connectivity index (χ3v) is 2.52. The van der Waals surface area contributed by atoms with Crippen LogP contribution in [0, 0.1) is 0 Å². The predicted molar refractivity (Wildman–Crippen MR) is 72.7 cm³/mol. The Balaban J connectivity index is 2.92. The number of hydrogen-bond acceptors (Lipinski definition) is 2. The number of carbonyl (C=O) groups is 1. The van der Waals surface area contributed by atoms with Gasteiger partial charge < -0.3 is 9.84 Å². The minimum Gasteiger partial charge on any atom is -0.497 e. The zero-order valence-corrected chi connectivity index (χ0v) is 10.7. The van der Waals surface area contributed by atoms with Crippen LogP contribution in [0.15, 0.2) is 42.5 Å². The average molecular weight is 246 g/mol. The largest absolute Gasteiger partial charge is 0.497 e. The highest BCUT2D eigenvalue weighted by Crippen LogP contribution is 2.22. The van der Waals surface area contributed by atoms with Crippen LogP contribution in [0.5, 0.6) is 5.75 Å². The van der Waals surface area contributed by atoms with Gasteiger partial charge in [-0.1, -0.05) is 37.6 Å². The molecule has 0 bridgehead atoms. The summed E-state index contributed by atoms with van der Waals surface area (Å²) in [6.07, 6.45) is 6.48. The number of carboxylic acid groups (broad SMARTS) is 1. The smallest absolute Gasteiger partial charge is 0.328 e. The summed E-state index contributed by atoms with van der Waals surface area (Å²) in [5, 5.41) is 8.56. The first-order chi connectivity index (χ1) is 8.67. The summed E-state index contributed by atoms with van der Waals surface area (Å²) in [7, 11) is 1.63. The van der Waals surface area contributed by atoms with Crippen LogP contribution >= 0.6 is 0 Å². The molecular formula is C15H18O3. The molecule has 0 aromatic heterocycles. The number of carboxylic acids is 1. The SMILES string of the molecule is CCCC(=CC=CC(=O)O)c1ccc(OC)cc1. The minimum absolute atomic E-state index is 0.815. The Bertz CT molecular complexity index is 441.